The van der Waals surface area contributed by atoms with E-state index in [1.54, 1.807) is 23.5 Å². The summed E-state index contributed by atoms with van der Waals surface area (Å²) in [6.45, 7) is 8.23. The first-order valence-electron chi connectivity index (χ1n) is 12.0. The zero-order valence-electron chi connectivity index (χ0n) is 19.2. The van der Waals surface area contributed by atoms with Crippen LogP contribution in [-0.4, -0.2) is 40.1 Å². The van der Waals surface area contributed by atoms with E-state index in [4.69, 9.17) is 4.98 Å². The molecule has 3 aliphatic rings. The van der Waals surface area contributed by atoms with Crippen LogP contribution in [0.2, 0.25) is 0 Å². The van der Waals surface area contributed by atoms with Crippen LogP contribution in [0.25, 0.3) is 10.6 Å². The summed E-state index contributed by atoms with van der Waals surface area (Å²) < 4.78 is 13.4. The number of benzene rings is 1. The zero-order chi connectivity index (χ0) is 22.6. The molecule has 0 bridgehead atoms. The Kier molecular flexibility index (Phi) is 5.65. The quantitative estimate of drug-likeness (QED) is 0.685. The van der Waals surface area contributed by atoms with E-state index in [-0.39, 0.29) is 40.8 Å². The van der Waals surface area contributed by atoms with Gasteiger partial charge < -0.3 is 10.0 Å². The standard InChI is InChI=1S/C26H33FN2O2S/c1-15(25(31)29-12-4-5-13-29)19-10-11-26(3)14-20-22(16(2)21(26)23(19)30)28-24(32-20)17-6-8-18(27)9-7-17/h6-9,15-16,19,21,23,30H,4-5,10-14H2,1-3H3/t15-,16+,19-,21+,23-,26+/m0/s1. The van der Waals surface area contributed by atoms with Crippen molar-refractivity contribution >= 4 is 17.2 Å². The highest BCUT2D eigenvalue weighted by Gasteiger charge is 2.54. The van der Waals surface area contributed by atoms with Crippen molar-refractivity contribution in [1.82, 2.24) is 9.88 Å². The molecule has 0 unspecified atom stereocenters. The number of aromatic nitrogens is 1. The minimum absolute atomic E-state index is 0.000352. The molecular formula is C26H33FN2O2S. The topological polar surface area (TPSA) is 53.4 Å². The fourth-order valence-electron chi connectivity index (χ4n) is 6.67. The molecule has 1 aromatic carbocycles. The first-order valence-corrected chi connectivity index (χ1v) is 12.8. The number of hydrogen-bond acceptors (Lipinski definition) is 4. The Morgan fingerprint density at radius 1 is 1.28 bits per heavy atom. The number of aliphatic hydroxyl groups is 1. The maximum atomic E-state index is 13.4. The largest absolute Gasteiger partial charge is 0.392 e. The normalized spacial score (nSPS) is 33.0. The number of rotatable bonds is 3. The molecular weight excluding hydrogens is 423 g/mol. The third-order valence-corrected chi connectivity index (χ3v) is 9.58. The second kappa shape index (κ2) is 8.21. The maximum absolute atomic E-state index is 13.4. The third-order valence-electron chi connectivity index (χ3n) is 8.46. The number of halogens is 1. The van der Waals surface area contributed by atoms with Crippen molar-refractivity contribution in [3.05, 3.63) is 40.7 Å². The summed E-state index contributed by atoms with van der Waals surface area (Å²) in [6, 6.07) is 6.53. The van der Waals surface area contributed by atoms with Crippen molar-refractivity contribution in [2.45, 2.75) is 64.9 Å². The molecule has 6 heteroatoms. The molecule has 1 amide bonds. The van der Waals surface area contributed by atoms with Gasteiger partial charge in [0.1, 0.15) is 10.8 Å². The summed E-state index contributed by atoms with van der Waals surface area (Å²) >= 11 is 1.71. The molecule has 1 saturated carbocycles. The molecule has 2 fully saturated rings. The molecule has 1 aromatic heterocycles. The summed E-state index contributed by atoms with van der Waals surface area (Å²) in [6.07, 6.45) is 4.49. The van der Waals surface area contributed by atoms with Gasteiger partial charge in [-0.1, -0.05) is 20.8 Å². The van der Waals surface area contributed by atoms with Gasteiger partial charge in [0.15, 0.2) is 0 Å². The number of thiazole rings is 1. The fraction of sp³-hybridized carbons (Fsp3) is 0.615. The highest BCUT2D eigenvalue weighted by Crippen LogP contribution is 2.57. The predicted molar refractivity (Wildman–Crippen MR) is 125 cm³/mol. The molecule has 0 spiro atoms. The molecule has 32 heavy (non-hydrogen) atoms. The van der Waals surface area contributed by atoms with Gasteiger partial charge in [-0.15, -0.1) is 11.3 Å². The summed E-state index contributed by atoms with van der Waals surface area (Å²) in [5.41, 5.74) is 2.02. The Morgan fingerprint density at radius 2 is 1.97 bits per heavy atom. The van der Waals surface area contributed by atoms with Crippen LogP contribution < -0.4 is 0 Å². The molecule has 0 radical (unpaired) electrons. The second-order valence-electron chi connectivity index (χ2n) is 10.5. The number of fused-ring (bicyclic) bond motifs is 2. The SMILES string of the molecule is C[C@H](C(=O)N1CCCC1)[C@@H]1CC[C@]2(C)Cc3sc(-c4ccc(F)cc4)nc3[C@H](C)[C@@H]2[C@H]1O. The van der Waals surface area contributed by atoms with Crippen molar-refractivity contribution < 1.29 is 14.3 Å². The Bertz CT molecular complexity index is 1000. The van der Waals surface area contributed by atoms with Crippen molar-refractivity contribution in [3.8, 4) is 10.6 Å². The van der Waals surface area contributed by atoms with E-state index >= 15 is 0 Å². The van der Waals surface area contributed by atoms with E-state index in [0.717, 1.165) is 61.5 Å². The molecule has 2 heterocycles. The lowest BCUT2D eigenvalue weighted by Gasteiger charge is -2.53. The maximum Gasteiger partial charge on any atom is 0.225 e. The number of carbonyl (C=O) groups excluding carboxylic acids is 1. The van der Waals surface area contributed by atoms with Crippen molar-refractivity contribution in [2.75, 3.05) is 13.1 Å². The van der Waals surface area contributed by atoms with Gasteiger partial charge in [-0.2, -0.15) is 0 Å². The van der Waals surface area contributed by atoms with Gasteiger partial charge >= 0.3 is 0 Å². The lowest BCUT2D eigenvalue weighted by atomic mass is 9.53. The lowest BCUT2D eigenvalue weighted by molar-refractivity contribution is -0.143. The molecule has 1 N–H and O–H groups in total. The minimum atomic E-state index is -0.505. The molecule has 6 atom stereocenters. The van der Waals surface area contributed by atoms with Gasteiger partial charge in [0, 0.05) is 35.4 Å². The smallest absolute Gasteiger partial charge is 0.225 e. The monoisotopic (exact) mass is 456 g/mol. The van der Waals surface area contributed by atoms with E-state index in [9.17, 15) is 14.3 Å². The van der Waals surface area contributed by atoms with Crippen LogP contribution in [0, 0.1) is 29.0 Å². The van der Waals surface area contributed by atoms with Gasteiger partial charge in [-0.25, -0.2) is 9.37 Å². The number of nitrogens with zero attached hydrogens (tertiary/aromatic N) is 2. The van der Waals surface area contributed by atoms with E-state index in [1.165, 1.54) is 17.0 Å². The lowest BCUT2D eigenvalue weighted by Crippen LogP contribution is -2.53. The van der Waals surface area contributed by atoms with Gasteiger partial charge in [-0.3, -0.25) is 4.79 Å². The van der Waals surface area contributed by atoms with Gasteiger partial charge in [0.2, 0.25) is 5.91 Å². The molecule has 4 nitrogen and oxygen atoms in total. The molecule has 1 saturated heterocycles. The van der Waals surface area contributed by atoms with Crippen LogP contribution in [0.15, 0.2) is 24.3 Å². The van der Waals surface area contributed by atoms with E-state index in [2.05, 4.69) is 13.8 Å². The van der Waals surface area contributed by atoms with Crippen molar-refractivity contribution in [1.29, 1.82) is 0 Å². The predicted octanol–water partition coefficient (Wildman–Crippen LogP) is 5.26. The third kappa shape index (κ3) is 3.60. The molecule has 172 valence electrons. The average Bonchev–Trinajstić information content (AvgIpc) is 3.43. The number of carbonyl (C=O) groups is 1. The number of hydrogen-bond donors (Lipinski definition) is 1. The highest BCUT2D eigenvalue weighted by molar-refractivity contribution is 7.15. The Morgan fingerprint density at radius 3 is 2.66 bits per heavy atom. The van der Waals surface area contributed by atoms with E-state index in [1.807, 2.05) is 11.8 Å². The van der Waals surface area contributed by atoms with E-state index in [0.29, 0.717) is 0 Å². The summed E-state index contributed by atoms with van der Waals surface area (Å²) in [7, 11) is 0. The van der Waals surface area contributed by atoms with Gasteiger partial charge in [-0.05, 0) is 73.6 Å². The van der Waals surface area contributed by atoms with Crippen LogP contribution in [0.4, 0.5) is 4.39 Å². The molecule has 2 aliphatic carbocycles. The summed E-state index contributed by atoms with van der Waals surface area (Å²) in [5, 5.41) is 12.5. The average molecular weight is 457 g/mol. The van der Waals surface area contributed by atoms with Crippen LogP contribution in [-0.2, 0) is 11.2 Å². The Labute approximate surface area is 193 Å². The van der Waals surface area contributed by atoms with Crippen LogP contribution >= 0.6 is 11.3 Å². The first kappa shape index (κ1) is 22.0. The van der Waals surface area contributed by atoms with Crippen LogP contribution in [0.1, 0.15) is 62.9 Å². The zero-order valence-corrected chi connectivity index (χ0v) is 20.0. The van der Waals surface area contributed by atoms with E-state index < -0.39 is 6.10 Å². The number of likely N-dealkylation sites (tertiary alicyclic amines) is 1. The summed E-state index contributed by atoms with van der Waals surface area (Å²) in [5.74, 6) is 0.0407. The highest BCUT2D eigenvalue weighted by atomic mass is 32.1. The molecule has 5 rings (SSSR count). The van der Waals surface area contributed by atoms with Crippen LogP contribution in [0.5, 0.6) is 0 Å². The Balaban J connectivity index is 1.41. The minimum Gasteiger partial charge on any atom is -0.392 e. The second-order valence-corrected chi connectivity index (χ2v) is 11.6. The summed E-state index contributed by atoms with van der Waals surface area (Å²) in [4.78, 5) is 21.3. The van der Waals surface area contributed by atoms with Gasteiger partial charge in [0.05, 0.1) is 11.8 Å². The van der Waals surface area contributed by atoms with Crippen molar-refractivity contribution in [2.24, 2.45) is 23.2 Å². The number of aliphatic hydroxyl groups excluding tert-OH is 1. The molecule has 1 aliphatic heterocycles. The molecule has 2 aromatic rings. The first-order chi connectivity index (χ1) is 15.3. The van der Waals surface area contributed by atoms with Crippen molar-refractivity contribution in [3.63, 3.8) is 0 Å². The number of amides is 1. The van der Waals surface area contributed by atoms with Gasteiger partial charge in [0.25, 0.3) is 0 Å². The fourth-order valence-corrected chi connectivity index (χ4v) is 8.04. The van der Waals surface area contributed by atoms with Crippen LogP contribution in [0.3, 0.4) is 0 Å². The Hall–Kier alpha value is -1.79.